The third kappa shape index (κ3) is 6.06. The Hall–Kier alpha value is -4.74. The third-order valence-corrected chi connectivity index (χ3v) is 5.59. The standard InChI is InChI=1S/C27H27F2N7O3/c1-14-9-21(33-27(38)25(39-17(4)37)18-10-19(28)12-20(29)11-18)7-8-22(14)36-24-23(15(2)34-36)31-16(3)32-26(24)30-13-35(5)6/h7-13,25H,1-6H3,(H,33,38). The van der Waals surface area contributed by atoms with Gasteiger partial charge in [0.15, 0.2) is 5.82 Å². The number of aliphatic imine (C=N–C) groups is 1. The van der Waals surface area contributed by atoms with E-state index in [4.69, 9.17) is 4.74 Å². The fourth-order valence-corrected chi connectivity index (χ4v) is 4.03. The van der Waals surface area contributed by atoms with Crippen LogP contribution in [0.25, 0.3) is 16.7 Å². The molecule has 1 amide bonds. The maximum atomic E-state index is 13.8. The van der Waals surface area contributed by atoms with Crippen LogP contribution >= 0.6 is 0 Å². The lowest BCUT2D eigenvalue weighted by Gasteiger charge is -2.18. The molecular weight excluding hydrogens is 508 g/mol. The van der Waals surface area contributed by atoms with Crippen LogP contribution in [-0.4, -0.2) is 57.0 Å². The monoisotopic (exact) mass is 535 g/mol. The van der Waals surface area contributed by atoms with E-state index in [2.05, 4.69) is 25.4 Å². The van der Waals surface area contributed by atoms with Crippen molar-refractivity contribution in [1.29, 1.82) is 0 Å². The molecular formula is C27H27F2N7O3. The summed E-state index contributed by atoms with van der Waals surface area (Å²) >= 11 is 0. The first-order valence-corrected chi connectivity index (χ1v) is 11.9. The predicted molar refractivity (Wildman–Crippen MR) is 142 cm³/mol. The minimum atomic E-state index is -1.55. The molecule has 0 saturated carbocycles. The van der Waals surface area contributed by atoms with Crippen LogP contribution in [0.15, 0.2) is 41.4 Å². The minimum Gasteiger partial charge on any atom is -0.447 e. The molecule has 1 N–H and O–H groups in total. The Kier molecular flexibility index (Phi) is 7.65. The summed E-state index contributed by atoms with van der Waals surface area (Å²) in [5.74, 6) is -2.33. The van der Waals surface area contributed by atoms with Crippen molar-refractivity contribution < 1.29 is 23.1 Å². The van der Waals surface area contributed by atoms with Crippen LogP contribution in [0.5, 0.6) is 0 Å². The minimum absolute atomic E-state index is 0.131. The summed E-state index contributed by atoms with van der Waals surface area (Å²) in [6.45, 7) is 6.57. The molecule has 0 bridgehead atoms. The number of hydrogen-bond acceptors (Lipinski definition) is 7. The summed E-state index contributed by atoms with van der Waals surface area (Å²) in [6.07, 6.45) is 0.0894. The molecule has 2 heterocycles. The summed E-state index contributed by atoms with van der Waals surface area (Å²) in [7, 11) is 3.70. The van der Waals surface area contributed by atoms with Crippen molar-refractivity contribution in [2.45, 2.75) is 33.8 Å². The Labute approximate surface area is 223 Å². The van der Waals surface area contributed by atoms with Crippen LogP contribution in [0.2, 0.25) is 0 Å². The molecule has 0 aliphatic carbocycles. The first kappa shape index (κ1) is 27.3. The number of esters is 1. The molecule has 10 nitrogen and oxygen atoms in total. The van der Waals surface area contributed by atoms with Gasteiger partial charge in [0.1, 0.15) is 28.5 Å². The SMILES string of the molecule is CC(=O)OC(C(=O)Nc1ccc(-n2nc(C)c3nc(C)nc(N=CN(C)C)c32)c(C)c1)c1cc(F)cc(F)c1. The van der Waals surface area contributed by atoms with Gasteiger partial charge in [0, 0.05) is 38.3 Å². The maximum Gasteiger partial charge on any atom is 0.303 e. The maximum absolute atomic E-state index is 13.8. The second kappa shape index (κ2) is 10.9. The van der Waals surface area contributed by atoms with E-state index in [9.17, 15) is 18.4 Å². The van der Waals surface area contributed by atoms with E-state index in [1.54, 1.807) is 41.0 Å². The Morgan fingerprint density at radius 1 is 1.08 bits per heavy atom. The van der Waals surface area contributed by atoms with Crippen LogP contribution in [0, 0.1) is 32.4 Å². The number of anilines is 1. The Morgan fingerprint density at radius 3 is 2.38 bits per heavy atom. The average molecular weight is 536 g/mol. The van der Waals surface area contributed by atoms with Crippen molar-refractivity contribution in [1.82, 2.24) is 24.6 Å². The zero-order valence-corrected chi connectivity index (χ0v) is 22.3. The lowest BCUT2D eigenvalue weighted by Crippen LogP contribution is -2.25. The van der Waals surface area contributed by atoms with E-state index >= 15 is 0 Å². The van der Waals surface area contributed by atoms with Crippen molar-refractivity contribution in [3.05, 3.63) is 70.7 Å². The predicted octanol–water partition coefficient (Wildman–Crippen LogP) is 4.48. The van der Waals surface area contributed by atoms with Gasteiger partial charge >= 0.3 is 5.97 Å². The van der Waals surface area contributed by atoms with Gasteiger partial charge in [-0.15, -0.1) is 0 Å². The van der Waals surface area contributed by atoms with Crippen molar-refractivity contribution in [2.24, 2.45) is 4.99 Å². The lowest BCUT2D eigenvalue weighted by atomic mass is 10.1. The molecule has 1 atom stereocenters. The number of aryl methyl sites for hydroxylation is 3. The summed E-state index contributed by atoms with van der Waals surface area (Å²) in [5.41, 5.74) is 3.66. The summed E-state index contributed by atoms with van der Waals surface area (Å²) < 4.78 is 34.4. The van der Waals surface area contributed by atoms with Gasteiger partial charge in [0.05, 0.1) is 17.7 Å². The van der Waals surface area contributed by atoms with E-state index in [-0.39, 0.29) is 5.56 Å². The number of carbonyl (C=O) groups excluding carboxylic acids is 2. The van der Waals surface area contributed by atoms with Crippen LogP contribution in [0.1, 0.15) is 35.7 Å². The topological polar surface area (TPSA) is 115 Å². The molecule has 1 unspecified atom stereocenters. The first-order valence-electron chi connectivity index (χ1n) is 11.9. The molecule has 0 aliphatic rings. The number of carbonyl (C=O) groups is 2. The van der Waals surface area contributed by atoms with Gasteiger partial charge in [0.25, 0.3) is 5.91 Å². The van der Waals surface area contributed by atoms with Crippen molar-refractivity contribution in [3.63, 3.8) is 0 Å². The number of halogens is 2. The van der Waals surface area contributed by atoms with Crippen molar-refractivity contribution in [3.8, 4) is 5.69 Å². The summed E-state index contributed by atoms with van der Waals surface area (Å²) in [6, 6.07) is 7.63. The van der Waals surface area contributed by atoms with E-state index in [1.165, 1.54) is 0 Å². The Balaban J connectivity index is 1.70. The van der Waals surface area contributed by atoms with Crippen molar-refractivity contribution in [2.75, 3.05) is 19.4 Å². The number of amides is 1. The molecule has 0 saturated heterocycles. The van der Waals surface area contributed by atoms with E-state index < -0.39 is 29.6 Å². The fourth-order valence-electron chi connectivity index (χ4n) is 4.03. The lowest BCUT2D eigenvalue weighted by molar-refractivity contribution is -0.152. The second-order valence-electron chi connectivity index (χ2n) is 9.18. The molecule has 2 aromatic heterocycles. The number of benzene rings is 2. The zero-order chi connectivity index (χ0) is 28.4. The third-order valence-electron chi connectivity index (χ3n) is 5.59. The zero-order valence-electron chi connectivity index (χ0n) is 22.3. The second-order valence-corrected chi connectivity index (χ2v) is 9.18. The molecule has 2 aromatic carbocycles. The molecule has 12 heteroatoms. The molecule has 0 fully saturated rings. The summed E-state index contributed by atoms with van der Waals surface area (Å²) in [4.78, 5) is 40.0. The number of nitrogens with one attached hydrogen (secondary N) is 1. The fraction of sp³-hybridized carbons (Fsp3) is 0.259. The largest absolute Gasteiger partial charge is 0.447 e. The first-order chi connectivity index (χ1) is 18.4. The molecule has 0 radical (unpaired) electrons. The van der Waals surface area contributed by atoms with Gasteiger partial charge in [-0.1, -0.05) is 0 Å². The van der Waals surface area contributed by atoms with Gasteiger partial charge in [-0.3, -0.25) is 9.59 Å². The van der Waals surface area contributed by atoms with Crippen LogP contribution in [0.4, 0.5) is 20.3 Å². The number of hydrogen-bond donors (Lipinski definition) is 1. The van der Waals surface area contributed by atoms with Crippen LogP contribution in [-0.2, 0) is 14.3 Å². The van der Waals surface area contributed by atoms with Crippen LogP contribution in [0.3, 0.4) is 0 Å². The Bertz CT molecular complexity index is 1590. The smallest absolute Gasteiger partial charge is 0.303 e. The molecule has 39 heavy (non-hydrogen) atoms. The van der Waals surface area contributed by atoms with E-state index in [0.717, 1.165) is 24.6 Å². The van der Waals surface area contributed by atoms with Gasteiger partial charge in [0.2, 0.25) is 6.10 Å². The normalized spacial score (nSPS) is 12.1. The number of rotatable bonds is 7. The number of nitrogens with zero attached hydrogens (tertiary/aromatic N) is 6. The van der Waals surface area contributed by atoms with Gasteiger partial charge < -0.3 is 15.0 Å². The molecule has 4 rings (SSSR count). The molecule has 0 spiro atoms. The van der Waals surface area contributed by atoms with Crippen LogP contribution < -0.4 is 5.32 Å². The molecule has 4 aromatic rings. The van der Waals surface area contributed by atoms with E-state index in [0.29, 0.717) is 45.8 Å². The highest BCUT2D eigenvalue weighted by Crippen LogP contribution is 2.30. The summed E-state index contributed by atoms with van der Waals surface area (Å²) in [5, 5.41) is 7.32. The highest BCUT2D eigenvalue weighted by Gasteiger charge is 2.26. The average Bonchev–Trinajstić information content (AvgIpc) is 3.16. The number of fused-ring (bicyclic) bond motifs is 1. The van der Waals surface area contributed by atoms with Gasteiger partial charge in [-0.25, -0.2) is 28.4 Å². The van der Waals surface area contributed by atoms with E-state index in [1.807, 2.05) is 27.9 Å². The van der Waals surface area contributed by atoms with Crippen molar-refractivity contribution >= 4 is 40.8 Å². The number of ether oxygens (including phenoxy) is 1. The highest BCUT2D eigenvalue weighted by molar-refractivity contribution is 5.96. The van der Waals surface area contributed by atoms with Gasteiger partial charge in [-0.05, 0) is 56.7 Å². The molecule has 0 aliphatic heterocycles. The number of aromatic nitrogens is 4. The highest BCUT2D eigenvalue weighted by atomic mass is 19.1. The molecule has 202 valence electrons. The van der Waals surface area contributed by atoms with Gasteiger partial charge in [-0.2, -0.15) is 5.10 Å². The Morgan fingerprint density at radius 2 is 1.77 bits per heavy atom. The quantitative estimate of drug-likeness (QED) is 0.211.